The van der Waals surface area contributed by atoms with E-state index in [0.29, 0.717) is 12.0 Å². The molecule has 0 bridgehead atoms. The number of carboxylic acid groups (broad SMARTS) is 1. The van der Waals surface area contributed by atoms with Gasteiger partial charge in [0.15, 0.2) is 0 Å². The molecular weight excluding hydrogens is 370 g/mol. The predicted octanol–water partition coefficient (Wildman–Crippen LogP) is 2.31. The summed E-state index contributed by atoms with van der Waals surface area (Å²) in [6.45, 7) is 3.31. The normalized spacial score (nSPS) is 17.7. The fraction of sp³-hybridized carbons (Fsp3) is 0.316. The largest absolute Gasteiger partial charge is 0.478 e. The molecule has 2 atom stereocenters. The molecule has 1 amide bonds. The van der Waals surface area contributed by atoms with Crippen molar-refractivity contribution < 1.29 is 27.9 Å². The van der Waals surface area contributed by atoms with E-state index in [1.54, 1.807) is 12.2 Å². The maximum atomic E-state index is 12.6. The van der Waals surface area contributed by atoms with Gasteiger partial charge >= 0.3 is 5.97 Å². The van der Waals surface area contributed by atoms with E-state index in [2.05, 4.69) is 0 Å². The maximum Gasteiger partial charge on any atom is 0.335 e. The van der Waals surface area contributed by atoms with Gasteiger partial charge in [-0.2, -0.15) is 0 Å². The molecule has 0 aliphatic heterocycles. The molecule has 0 fully saturated rings. The zero-order valence-corrected chi connectivity index (χ0v) is 15.8. The van der Waals surface area contributed by atoms with Gasteiger partial charge in [-0.3, -0.25) is 9.59 Å². The van der Waals surface area contributed by atoms with E-state index in [1.165, 1.54) is 6.92 Å². The van der Waals surface area contributed by atoms with Gasteiger partial charge in [-0.15, -0.1) is 0 Å². The van der Waals surface area contributed by atoms with Crippen LogP contribution < -0.4 is 4.72 Å². The van der Waals surface area contributed by atoms with E-state index in [-0.39, 0.29) is 28.6 Å². The molecule has 1 aliphatic rings. The third-order valence-corrected chi connectivity index (χ3v) is 5.57. The Morgan fingerprint density at radius 1 is 1.22 bits per heavy atom. The Balaban J connectivity index is 2.24. The molecule has 1 aromatic carbocycles. The first kappa shape index (κ1) is 20.6. The van der Waals surface area contributed by atoms with Gasteiger partial charge < -0.3 is 5.11 Å². The molecule has 27 heavy (non-hydrogen) atoms. The van der Waals surface area contributed by atoms with Gasteiger partial charge in [0.2, 0.25) is 5.91 Å². The Morgan fingerprint density at radius 2 is 1.85 bits per heavy atom. The first-order chi connectivity index (χ1) is 12.6. The summed E-state index contributed by atoms with van der Waals surface area (Å²) in [4.78, 5) is 34.9. The SMILES string of the molecule is CC(=O)CC(C(=O)NS(=O)(=O)c1ccc(C(=O)O)cc1)C1=CC=CC(C)C1. The average Bonchev–Trinajstić information content (AvgIpc) is 2.59. The van der Waals surface area contributed by atoms with Gasteiger partial charge in [-0.1, -0.05) is 30.7 Å². The standard InChI is InChI=1S/C19H21NO6S/c1-12-4-3-5-15(10-12)17(11-13(2)21)18(22)20-27(25,26)16-8-6-14(7-9-16)19(23)24/h3-9,12,17H,10-11H2,1-2H3,(H,20,22)(H,23,24). The van der Waals surface area contributed by atoms with Crippen LogP contribution >= 0.6 is 0 Å². The van der Waals surface area contributed by atoms with Crippen LogP contribution in [0.5, 0.6) is 0 Å². The van der Waals surface area contributed by atoms with Gasteiger partial charge in [0.05, 0.1) is 16.4 Å². The third kappa shape index (κ3) is 5.37. The van der Waals surface area contributed by atoms with Crippen molar-refractivity contribution in [2.75, 3.05) is 0 Å². The van der Waals surface area contributed by atoms with Crippen molar-refractivity contribution in [2.45, 2.75) is 31.6 Å². The summed E-state index contributed by atoms with van der Waals surface area (Å²) in [5, 5.41) is 8.88. The van der Waals surface area contributed by atoms with E-state index in [9.17, 15) is 22.8 Å². The third-order valence-electron chi connectivity index (χ3n) is 4.21. The lowest BCUT2D eigenvalue weighted by atomic mass is 9.84. The van der Waals surface area contributed by atoms with Gasteiger partial charge in [-0.05, 0) is 43.5 Å². The fourth-order valence-corrected chi connectivity index (χ4v) is 3.87. The van der Waals surface area contributed by atoms with Crippen LogP contribution in [0.15, 0.2) is 53.0 Å². The van der Waals surface area contributed by atoms with Crippen LogP contribution in [0, 0.1) is 11.8 Å². The molecule has 2 rings (SSSR count). The first-order valence-corrected chi connectivity index (χ1v) is 9.85. The number of carbonyl (C=O) groups is 3. The summed E-state index contributed by atoms with van der Waals surface area (Å²) in [5.74, 6) is -2.87. The monoisotopic (exact) mass is 391 g/mol. The molecule has 8 heteroatoms. The first-order valence-electron chi connectivity index (χ1n) is 8.37. The lowest BCUT2D eigenvalue weighted by Gasteiger charge is -2.22. The van der Waals surface area contributed by atoms with Gasteiger partial charge in [0, 0.05) is 6.42 Å². The van der Waals surface area contributed by atoms with Crippen LogP contribution in [0.2, 0.25) is 0 Å². The van der Waals surface area contributed by atoms with E-state index < -0.39 is 27.8 Å². The molecule has 0 aromatic heterocycles. The van der Waals surface area contributed by atoms with E-state index in [4.69, 9.17) is 5.11 Å². The lowest BCUT2D eigenvalue weighted by Crippen LogP contribution is -2.37. The summed E-state index contributed by atoms with van der Waals surface area (Å²) in [6.07, 6.45) is 5.97. The van der Waals surface area contributed by atoms with Crippen LogP contribution in [0.25, 0.3) is 0 Å². The summed E-state index contributed by atoms with van der Waals surface area (Å²) < 4.78 is 26.9. The highest BCUT2D eigenvalue weighted by atomic mass is 32.2. The number of amides is 1. The molecule has 0 saturated carbocycles. The predicted molar refractivity (Wildman–Crippen MR) is 98.5 cm³/mol. The van der Waals surface area contributed by atoms with Crippen molar-refractivity contribution in [3.63, 3.8) is 0 Å². The Kier molecular flexibility index (Phi) is 6.32. The van der Waals surface area contributed by atoms with Crippen molar-refractivity contribution in [2.24, 2.45) is 11.8 Å². The molecule has 2 unspecified atom stereocenters. The van der Waals surface area contributed by atoms with Crippen LogP contribution in [0.4, 0.5) is 0 Å². The zero-order valence-electron chi connectivity index (χ0n) is 15.0. The second-order valence-electron chi connectivity index (χ2n) is 6.57. The number of rotatable bonds is 7. The Labute approximate surface area is 157 Å². The number of hydrogen-bond acceptors (Lipinski definition) is 5. The number of ketones is 1. The van der Waals surface area contributed by atoms with Crippen molar-refractivity contribution in [3.05, 3.63) is 53.6 Å². The number of nitrogens with one attached hydrogen (secondary N) is 1. The average molecular weight is 391 g/mol. The Bertz CT molecular complexity index is 912. The molecule has 0 spiro atoms. The smallest absolute Gasteiger partial charge is 0.335 e. The number of sulfonamides is 1. The topological polar surface area (TPSA) is 118 Å². The van der Waals surface area contributed by atoms with Crippen LogP contribution in [0.3, 0.4) is 0 Å². The Morgan fingerprint density at radius 3 is 2.37 bits per heavy atom. The number of allylic oxidation sites excluding steroid dienone is 3. The lowest BCUT2D eigenvalue weighted by molar-refractivity contribution is -0.126. The van der Waals surface area contributed by atoms with E-state index >= 15 is 0 Å². The fourth-order valence-electron chi connectivity index (χ4n) is 2.85. The Hall–Kier alpha value is -2.74. The number of Topliss-reactive ketones (excluding diaryl/α,β-unsaturated/α-hetero) is 1. The van der Waals surface area contributed by atoms with Crippen LogP contribution in [-0.2, 0) is 19.6 Å². The van der Waals surface area contributed by atoms with Gasteiger partial charge in [-0.25, -0.2) is 17.9 Å². The van der Waals surface area contributed by atoms with E-state index in [0.717, 1.165) is 24.3 Å². The number of carboxylic acids is 1. The van der Waals surface area contributed by atoms with Gasteiger partial charge in [0.1, 0.15) is 5.78 Å². The summed E-state index contributed by atoms with van der Waals surface area (Å²) in [5.41, 5.74) is 0.636. The second kappa shape index (κ2) is 8.30. The number of carbonyl (C=O) groups excluding carboxylic acids is 2. The molecule has 1 aromatic rings. The molecule has 0 heterocycles. The number of hydrogen-bond donors (Lipinski definition) is 2. The highest BCUT2D eigenvalue weighted by Gasteiger charge is 2.29. The molecule has 1 aliphatic carbocycles. The summed E-state index contributed by atoms with van der Waals surface area (Å²) in [7, 11) is -4.18. The van der Waals surface area contributed by atoms with Crippen LogP contribution in [0.1, 0.15) is 37.0 Å². The van der Waals surface area contributed by atoms with E-state index in [1.807, 2.05) is 17.7 Å². The summed E-state index contributed by atoms with van der Waals surface area (Å²) >= 11 is 0. The molecule has 7 nitrogen and oxygen atoms in total. The minimum absolute atomic E-state index is 0.0668. The number of aromatic carboxylic acids is 1. The molecule has 2 N–H and O–H groups in total. The minimum atomic E-state index is -4.18. The van der Waals surface area contributed by atoms with Crippen molar-refractivity contribution in [1.82, 2.24) is 4.72 Å². The zero-order chi connectivity index (χ0) is 20.2. The summed E-state index contributed by atoms with van der Waals surface area (Å²) in [6, 6.07) is 4.52. The molecule has 0 radical (unpaired) electrons. The molecular formula is C19H21NO6S. The molecule has 144 valence electrons. The van der Waals surface area contributed by atoms with Crippen molar-refractivity contribution >= 4 is 27.7 Å². The van der Waals surface area contributed by atoms with Crippen molar-refractivity contribution in [1.29, 1.82) is 0 Å². The highest BCUT2D eigenvalue weighted by Crippen LogP contribution is 2.27. The van der Waals surface area contributed by atoms with Gasteiger partial charge in [0.25, 0.3) is 10.0 Å². The maximum absolute atomic E-state index is 12.6. The minimum Gasteiger partial charge on any atom is -0.478 e. The second-order valence-corrected chi connectivity index (χ2v) is 8.25. The highest BCUT2D eigenvalue weighted by molar-refractivity contribution is 7.90. The molecule has 0 saturated heterocycles. The quantitative estimate of drug-likeness (QED) is 0.736. The number of benzene rings is 1. The van der Waals surface area contributed by atoms with Crippen LogP contribution in [-0.4, -0.2) is 31.2 Å². The van der Waals surface area contributed by atoms with Crippen molar-refractivity contribution in [3.8, 4) is 0 Å².